The maximum atomic E-state index is 6.11. The summed E-state index contributed by atoms with van der Waals surface area (Å²) in [7, 11) is 1.70. The fourth-order valence-corrected chi connectivity index (χ4v) is 3.71. The molecule has 0 N–H and O–H groups in total. The Balaban J connectivity index is 1.94. The number of alkyl halides is 1. The van der Waals surface area contributed by atoms with Crippen molar-refractivity contribution in [3.05, 3.63) is 64.2 Å². The third kappa shape index (κ3) is 2.28. The van der Waals surface area contributed by atoms with Crippen molar-refractivity contribution >= 4 is 27.5 Å². The minimum atomic E-state index is 0.232. The van der Waals surface area contributed by atoms with Gasteiger partial charge in [-0.05, 0) is 35.7 Å². The Bertz CT molecular complexity index is 611. The fourth-order valence-electron chi connectivity index (χ4n) is 2.70. The molecule has 0 radical (unpaired) electrons. The molecule has 1 aliphatic carbocycles. The van der Waals surface area contributed by atoms with Gasteiger partial charge in [-0.3, -0.25) is 0 Å². The van der Waals surface area contributed by atoms with E-state index >= 15 is 0 Å². The molecular formula is C16H14BrClO. The van der Waals surface area contributed by atoms with Crippen molar-refractivity contribution < 1.29 is 4.74 Å². The molecule has 0 amide bonds. The molecule has 0 heterocycles. The van der Waals surface area contributed by atoms with Crippen molar-refractivity contribution in [2.45, 2.75) is 17.2 Å². The van der Waals surface area contributed by atoms with Gasteiger partial charge in [-0.2, -0.15) is 0 Å². The van der Waals surface area contributed by atoms with Crippen molar-refractivity contribution in [3.63, 3.8) is 0 Å². The van der Waals surface area contributed by atoms with Crippen molar-refractivity contribution in [2.24, 2.45) is 0 Å². The molecule has 0 bridgehead atoms. The van der Waals surface area contributed by atoms with E-state index in [4.69, 9.17) is 16.3 Å². The van der Waals surface area contributed by atoms with Gasteiger partial charge in [-0.25, -0.2) is 0 Å². The summed E-state index contributed by atoms with van der Waals surface area (Å²) in [5, 5.41) is 0.743. The van der Waals surface area contributed by atoms with Crippen molar-refractivity contribution in [1.82, 2.24) is 0 Å². The summed E-state index contributed by atoms with van der Waals surface area (Å²) in [5.41, 5.74) is 3.99. The van der Waals surface area contributed by atoms with E-state index < -0.39 is 0 Å². The van der Waals surface area contributed by atoms with Crippen LogP contribution in [0.4, 0.5) is 0 Å². The number of ether oxygens (including phenoxy) is 1. The van der Waals surface area contributed by atoms with E-state index in [2.05, 4.69) is 40.2 Å². The molecule has 19 heavy (non-hydrogen) atoms. The maximum absolute atomic E-state index is 6.11. The summed E-state index contributed by atoms with van der Waals surface area (Å²) in [4.78, 5) is 0.232. The predicted octanol–water partition coefficient (Wildman–Crippen LogP) is 5.12. The fraction of sp³-hybridized carbons (Fsp3) is 0.250. The van der Waals surface area contributed by atoms with Crippen LogP contribution in [0.5, 0.6) is 5.75 Å². The van der Waals surface area contributed by atoms with E-state index in [-0.39, 0.29) is 4.83 Å². The molecule has 3 rings (SSSR count). The molecule has 2 aromatic carbocycles. The average Bonchev–Trinajstić information content (AvgIpc) is 2.40. The summed E-state index contributed by atoms with van der Waals surface area (Å²) in [6.45, 7) is 0. The predicted molar refractivity (Wildman–Crippen MR) is 82.6 cm³/mol. The largest absolute Gasteiger partial charge is 0.496 e. The van der Waals surface area contributed by atoms with E-state index in [1.54, 1.807) is 7.11 Å². The van der Waals surface area contributed by atoms with E-state index in [1.807, 2.05) is 18.2 Å². The molecule has 0 spiro atoms. The quantitative estimate of drug-likeness (QED) is 0.706. The lowest BCUT2D eigenvalue weighted by Crippen LogP contribution is -2.21. The Morgan fingerprint density at radius 2 is 2.05 bits per heavy atom. The number of benzene rings is 2. The molecular weight excluding hydrogens is 324 g/mol. The van der Waals surface area contributed by atoms with Gasteiger partial charge in [0.05, 0.1) is 11.9 Å². The molecule has 0 saturated carbocycles. The summed E-state index contributed by atoms with van der Waals surface area (Å²) in [6, 6.07) is 14.4. The summed E-state index contributed by atoms with van der Waals surface area (Å²) in [5.74, 6) is 1.37. The Morgan fingerprint density at radius 1 is 1.26 bits per heavy atom. The van der Waals surface area contributed by atoms with Crippen LogP contribution in [0.15, 0.2) is 42.5 Å². The van der Waals surface area contributed by atoms with Crippen LogP contribution in [0.1, 0.15) is 27.4 Å². The highest BCUT2D eigenvalue weighted by atomic mass is 79.9. The zero-order valence-electron chi connectivity index (χ0n) is 10.6. The van der Waals surface area contributed by atoms with E-state index in [0.29, 0.717) is 5.92 Å². The molecule has 1 nitrogen and oxygen atoms in total. The second-order valence-electron chi connectivity index (χ2n) is 4.80. The van der Waals surface area contributed by atoms with Gasteiger partial charge in [0, 0.05) is 16.5 Å². The molecule has 0 aromatic heterocycles. The minimum absolute atomic E-state index is 0.232. The number of fused-ring (bicyclic) bond motifs is 1. The average molecular weight is 338 g/mol. The first kappa shape index (κ1) is 13.0. The van der Waals surface area contributed by atoms with Crippen molar-refractivity contribution in [1.29, 1.82) is 0 Å². The summed E-state index contributed by atoms with van der Waals surface area (Å²) in [6.07, 6.45) is 1.10. The van der Waals surface area contributed by atoms with Crippen LogP contribution in [0.2, 0.25) is 5.02 Å². The highest BCUT2D eigenvalue weighted by molar-refractivity contribution is 9.09. The third-order valence-corrected chi connectivity index (χ3v) is 5.10. The number of rotatable bonds is 3. The first-order valence-electron chi connectivity index (χ1n) is 6.26. The lowest BCUT2D eigenvalue weighted by atomic mass is 9.74. The Hall–Kier alpha value is -0.990. The first-order valence-corrected chi connectivity index (χ1v) is 7.55. The monoisotopic (exact) mass is 336 g/mol. The van der Waals surface area contributed by atoms with Crippen LogP contribution in [0.3, 0.4) is 0 Å². The summed E-state index contributed by atoms with van der Waals surface area (Å²) < 4.78 is 5.44. The highest BCUT2D eigenvalue weighted by Gasteiger charge is 2.33. The molecule has 3 heteroatoms. The van der Waals surface area contributed by atoms with E-state index in [1.165, 1.54) is 11.1 Å². The Morgan fingerprint density at radius 3 is 2.79 bits per heavy atom. The van der Waals surface area contributed by atoms with Crippen LogP contribution in [-0.2, 0) is 6.42 Å². The van der Waals surface area contributed by atoms with Crippen molar-refractivity contribution in [3.8, 4) is 5.75 Å². The SMILES string of the molecule is COc1ccc(Cl)cc1C(Br)C1Cc2ccccc21. The molecule has 2 atom stereocenters. The standard InChI is InChI=1S/C16H14BrClO/c1-19-15-7-6-11(18)9-14(15)16(17)13-8-10-4-2-3-5-12(10)13/h2-7,9,13,16H,8H2,1H3. The van der Waals surface area contributed by atoms with Crippen LogP contribution >= 0.6 is 27.5 Å². The van der Waals surface area contributed by atoms with Crippen molar-refractivity contribution in [2.75, 3.05) is 7.11 Å². The van der Waals surface area contributed by atoms with Crippen LogP contribution in [0, 0.1) is 0 Å². The molecule has 2 unspecified atom stereocenters. The normalized spacial score (nSPS) is 18.4. The number of halogens is 2. The number of methoxy groups -OCH3 is 1. The molecule has 98 valence electrons. The van der Waals surface area contributed by atoms with Crippen LogP contribution in [-0.4, -0.2) is 7.11 Å². The zero-order valence-corrected chi connectivity index (χ0v) is 12.9. The Labute approximate surface area is 126 Å². The third-order valence-electron chi connectivity index (χ3n) is 3.74. The van der Waals surface area contributed by atoms with E-state index in [0.717, 1.165) is 22.8 Å². The number of hydrogen-bond donors (Lipinski definition) is 0. The molecule has 0 fully saturated rings. The van der Waals surface area contributed by atoms with Gasteiger partial charge in [0.25, 0.3) is 0 Å². The summed E-state index contributed by atoms with van der Waals surface area (Å²) >= 11 is 9.93. The van der Waals surface area contributed by atoms with E-state index in [9.17, 15) is 0 Å². The Kier molecular flexibility index (Phi) is 3.55. The molecule has 0 aliphatic heterocycles. The number of hydrogen-bond acceptors (Lipinski definition) is 1. The maximum Gasteiger partial charge on any atom is 0.123 e. The van der Waals surface area contributed by atoms with Gasteiger partial charge >= 0.3 is 0 Å². The van der Waals surface area contributed by atoms with Gasteiger partial charge in [-0.15, -0.1) is 0 Å². The topological polar surface area (TPSA) is 9.23 Å². The highest BCUT2D eigenvalue weighted by Crippen LogP contribution is 2.50. The lowest BCUT2D eigenvalue weighted by molar-refractivity contribution is 0.406. The van der Waals surface area contributed by atoms with Gasteiger partial charge in [0.1, 0.15) is 5.75 Å². The van der Waals surface area contributed by atoms with Gasteiger partial charge < -0.3 is 4.74 Å². The minimum Gasteiger partial charge on any atom is -0.496 e. The molecule has 2 aromatic rings. The molecule has 1 aliphatic rings. The second kappa shape index (κ2) is 5.18. The van der Waals surface area contributed by atoms with Gasteiger partial charge in [0.2, 0.25) is 0 Å². The zero-order chi connectivity index (χ0) is 13.4. The first-order chi connectivity index (χ1) is 9.20. The van der Waals surface area contributed by atoms with Crippen LogP contribution in [0.25, 0.3) is 0 Å². The lowest BCUT2D eigenvalue weighted by Gasteiger charge is -2.34. The van der Waals surface area contributed by atoms with Gasteiger partial charge in [0.15, 0.2) is 0 Å². The van der Waals surface area contributed by atoms with Gasteiger partial charge in [-0.1, -0.05) is 51.8 Å². The molecule has 0 saturated heterocycles. The second-order valence-corrected chi connectivity index (χ2v) is 6.22. The van der Waals surface area contributed by atoms with Crippen LogP contribution < -0.4 is 4.74 Å². The smallest absolute Gasteiger partial charge is 0.123 e.